The van der Waals surface area contributed by atoms with Crippen LogP contribution in [0.1, 0.15) is 17.9 Å². The first-order valence-corrected chi connectivity index (χ1v) is 5.60. The molecule has 1 rings (SSSR count). The fraction of sp³-hybridized carbons (Fsp3) is 0.556. The average Bonchev–Trinajstić information content (AvgIpc) is 2.60. The van der Waals surface area contributed by atoms with E-state index >= 15 is 0 Å². The minimum atomic E-state index is -2.57. The highest BCUT2D eigenvalue weighted by atomic mass is 32.1. The van der Waals surface area contributed by atoms with Crippen molar-refractivity contribution in [2.45, 2.75) is 19.5 Å². The van der Waals surface area contributed by atoms with E-state index in [2.05, 4.69) is 0 Å². The van der Waals surface area contributed by atoms with E-state index in [1.165, 1.54) is 20.0 Å². The predicted molar refractivity (Wildman–Crippen MR) is 60.9 cm³/mol. The summed E-state index contributed by atoms with van der Waals surface area (Å²) in [6.07, 6.45) is -3.43. The summed E-state index contributed by atoms with van der Waals surface area (Å²) in [5, 5.41) is 20.2. The molecule has 0 saturated heterocycles. The molecule has 0 radical (unpaired) electrons. The lowest BCUT2D eigenvalue weighted by Gasteiger charge is -2.15. The lowest BCUT2D eigenvalue weighted by molar-refractivity contribution is -0.383. The maximum Gasteiger partial charge on any atom is 0.304 e. The summed E-state index contributed by atoms with van der Waals surface area (Å²) in [5.74, 6) is 0. The van der Waals surface area contributed by atoms with Gasteiger partial charge in [0.2, 0.25) is 0 Å². The van der Waals surface area contributed by atoms with Gasteiger partial charge in [-0.3, -0.25) is 10.1 Å². The van der Waals surface area contributed by atoms with Crippen LogP contribution in [0.25, 0.3) is 0 Å². The van der Waals surface area contributed by atoms with Crippen molar-refractivity contribution in [2.75, 3.05) is 18.5 Å². The third-order valence-electron chi connectivity index (χ3n) is 2.08. The van der Waals surface area contributed by atoms with Crippen LogP contribution in [0, 0.1) is 10.1 Å². The van der Waals surface area contributed by atoms with Gasteiger partial charge in [0, 0.05) is 18.0 Å². The summed E-state index contributed by atoms with van der Waals surface area (Å²) in [5.41, 5.74) is -0.256. The van der Waals surface area contributed by atoms with Gasteiger partial charge in [-0.25, -0.2) is 8.78 Å². The van der Waals surface area contributed by atoms with Gasteiger partial charge in [0.25, 0.3) is 6.43 Å². The third-order valence-corrected chi connectivity index (χ3v) is 3.49. The van der Waals surface area contributed by atoms with Crippen LogP contribution in [0.5, 0.6) is 0 Å². The first kappa shape index (κ1) is 13.8. The lowest BCUT2D eigenvalue weighted by Crippen LogP contribution is -2.23. The number of nitrogens with zero attached hydrogens (tertiary/aromatic N) is 2. The molecule has 0 aliphatic heterocycles. The molecule has 1 aromatic rings. The Morgan fingerprint density at radius 3 is 2.65 bits per heavy atom. The second-order valence-electron chi connectivity index (χ2n) is 3.54. The Morgan fingerprint density at radius 2 is 2.24 bits per heavy atom. The zero-order chi connectivity index (χ0) is 13.2. The van der Waals surface area contributed by atoms with Crippen molar-refractivity contribution in [1.82, 2.24) is 0 Å². The molecule has 17 heavy (non-hydrogen) atoms. The monoisotopic (exact) mass is 266 g/mol. The summed E-state index contributed by atoms with van der Waals surface area (Å²) in [6, 6.07) is 1.21. The van der Waals surface area contributed by atoms with Crippen LogP contribution < -0.4 is 4.90 Å². The van der Waals surface area contributed by atoms with Crippen LogP contribution in [0.2, 0.25) is 0 Å². The molecular formula is C9H12F2N2O3S. The molecular weight excluding hydrogens is 254 g/mol. The van der Waals surface area contributed by atoms with Gasteiger partial charge in [-0.05, 0) is 6.92 Å². The Bertz CT molecular complexity index is 409. The number of hydrogen-bond donors (Lipinski definition) is 1. The molecule has 0 fully saturated rings. The summed E-state index contributed by atoms with van der Waals surface area (Å²) < 4.78 is 24.4. The van der Waals surface area contributed by atoms with E-state index < -0.39 is 24.0 Å². The van der Waals surface area contributed by atoms with Crippen LogP contribution in [0.4, 0.5) is 19.5 Å². The molecule has 1 atom stereocenters. The second-order valence-corrected chi connectivity index (χ2v) is 4.61. The van der Waals surface area contributed by atoms with E-state index in [1.54, 1.807) is 0 Å². The summed E-state index contributed by atoms with van der Waals surface area (Å²) in [6.45, 7) is 0.882. The zero-order valence-corrected chi connectivity index (χ0v) is 10.1. The normalized spacial score (nSPS) is 12.8. The Balaban J connectivity index is 3.07. The molecule has 0 aliphatic carbocycles. The SMILES string of the molecule is C[C@H](O)c1cc([N+](=O)[O-])c(N(C)CC(F)F)s1. The number of anilines is 1. The molecule has 0 aromatic carbocycles. The highest BCUT2D eigenvalue weighted by Gasteiger charge is 2.24. The van der Waals surface area contributed by atoms with Gasteiger partial charge in [-0.1, -0.05) is 0 Å². The van der Waals surface area contributed by atoms with E-state index in [9.17, 15) is 24.0 Å². The molecule has 96 valence electrons. The zero-order valence-electron chi connectivity index (χ0n) is 9.26. The van der Waals surface area contributed by atoms with Gasteiger partial charge in [0.05, 0.1) is 17.6 Å². The van der Waals surface area contributed by atoms with E-state index in [-0.39, 0.29) is 10.7 Å². The summed E-state index contributed by atoms with van der Waals surface area (Å²) in [7, 11) is 1.36. The number of hydrogen-bond acceptors (Lipinski definition) is 5. The molecule has 1 heterocycles. The fourth-order valence-corrected chi connectivity index (χ4v) is 2.32. The molecule has 0 amide bonds. The lowest BCUT2D eigenvalue weighted by atomic mass is 10.3. The molecule has 0 spiro atoms. The van der Waals surface area contributed by atoms with E-state index in [0.717, 1.165) is 16.2 Å². The molecule has 1 aromatic heterocycles. The van der Waals surface area contributed by atoms with Crippen molar-refractivity contribution in [1.29, 1.82) is 0 Å². The van der Waals surface area contributed by atoms with Crippen molar-refractivity contribution >= 4 is 22.0 Å². The summed E-state index contributed by atoms with van der Waals surface area (Å²) >= 11 is 0.947. The largest absolute Gasteiger partial charge is 0.388 e. The molecule has 0 aliphatic rings. The van der Waals surface area contributed by atoms with Gasteiger partial charge in [-0.2, -0.15) is 0 Å². The number of alkyl halides is 2. The maximum absolute atomic E-state index is 12.2. The number of halogens is 2. The number of aliphatic hydroxyl groups excluding tert-OH is 1. The average molecular weight is 266 g/mol. The van der Waals surface area contributed by atoms with Gasteiger partial charge >= 0.3 is 5.69 Å². The van der Waals surface area contributed by atoms with Crippen molar-refractivity contribution in [3.05, 3.63) is 21.1 Å². The second kappa shape index (κ2) is 5.37. The minimum absolute atomic E-state index is 0.131. The van der Waals surface area contributed by atoms with Gasteiger partial charge in [0.1, 0.15) is 0 Å². The quantitative estimate of drug-likeness (QED) is 0.656. The van der Waals surface area contributed by atoms with Crippen LogP contribution in [0.3, 0.4) is 0 Å². The smallest absolute Gasteiger partial charge is 0.304 e. The standard InChI is InChI=1S/C9H12F2N2O3S/c1-5(14)7-3-6(13(15)16)9(17-7)12(2)4-8(10)11/h3,5,8,14H,4H2,1-2H3/t5-/m0/s1. The van der Waals surface area contributed by atoms with Crippen molar-refractivity contribution in [3.8, 4) is 0 Å². The van der Waals surface area contributed by atoms with Gasteiger partial charge in [0.15, 0.2) is 5.00 Å². The van der Waals surface area contributed by atoms with Crippen molar-refractivity contribution in [3.63, 3.8) is 0 Å². The van der Waals surface area contributed by atoms with Crippen LogP contribution in [0.15, 0.2) is 6.07 Å². The molecule has 0 saturated carbocycles. The van der Waals surface area contributed by atoms with Crippen LogP contribution in [-0.2, 0) is 0 Å². The fourth-order valence-electron chi connectivity index (χ4n) is 1.29. The maximum atomic E-state index is 12.2. The molecule has 0 unspecified atom stereocenters. The van der Waals surface area contributed by atoms with Crippen molar-refractivity contribution < 1.29 is 18.8 Å². The van der Waals surface area contributed by atoms with E-state index in [4.69, 9.17) is 0 Å². The third kappa shape index (κ3) is 3.34. The topological polar surface area (TPSA) is 66.6 Å². The highest BCUT2D eigenvalue weighted by Crippen LogP contribution is 2.39. The summed E-state index contributed by atoms with van der Waals surface area (Å²) in [4.78, 5) is 11.6. The number of rotatable bonds is 5. The van der Waals surface area contributed by atoms with Gasteiger partial charge < -0.3 is 10.0 Å². The van der Waals surface area contributed by atoms with Crippen LogP contribution >= 0.6 is 11.3 Å². The molecule has 1 N–H and O–H groups in total. The molecule has 8 heteroatoms. The van der Waals surface area contributed by atoms with Gasteiger partial charge in [-0.15, -0.1) is 11.3 Å². The first-order chi connectivity index (χ1) is 7.82. The first-order valence-electron chi connectivity index (χ1n) is 4.78. The highest BCUT2D eigenvalue weighted by molar-refractivity contribution is 7.16. The number of aliphatic hydroxyl groups is 1. The van der Waals surface area contributed by atoms with Crippen LogP contribution in [-0.4, -0.2) is 30.0 Å². The molecule has 0 bridgehead atoms. The Morgan fingerprint density at radius 1 is 1.65 bits per heavy atom. The van der Waals surface area contributed by atoms with E-state index in [1.807, 2.05) is 0 Å². The number of nitro groups is 1. The Kier molecular flexibility index (Phi) is 4.35. The minimum Gasteiger partial charge on any atom is -0.388 e. The predicted octanol–water partition coefficient (Wildman–Crippen LogP) is 2.41. The van der Waals surface area contributed by atoms with Crippen molar-refractivity contribution in [2.24, 2.45) is 0 Å². The molecule has 5 nitrogen and oxygen atoms in total. The Labute approximate surface area is 100 Å². The Hall–Kier alpha value is -1.28. The number of thiophene rings is 1. The van der Waals surface area contributed by atoms with E-state index in [0.29, 0.717) is 4.88 Å².